The topological polar surface area (TPSA) is 89.4 Å². The Kier molecular flexibility index (Phi) is 4.87. The fourth-order valence-electron chi connectivity index (χ4n) is 2.67. The van der Waals surface area contributed by atoms with E-state index in [1.54, 1.807) is 32.2 Å². The average Bonchev–Trinajstić information content (AvgIpc) is 2.92. The predicted octanol–water partition coefficient (Wildman–Crippen LogP) is 2.31. The van der Waals surface area contributed by atoms with Crippen molar-refractivity contribution in [2.24, 2.45) is 7.05 Å². The first kappa shape index (κ1) is 18.9. The van der Waals surface area contributed by atoms with Gasteiger partial charge in [0, 0.05) is 24.0 Å². The van der Waals surface area contributed by atoms with E-state index >= 15 is 0 Å². The monoisotopic (exact) mass is 397 g/mol. The Hall–Kier alpha value is -1.87. The number of aryl methyl sites for hydroxylation is 2. The Morgan fingerprint density at radius 2 is 2.00 bits per heavy atom. The number of anilines is 1. The number of halogens is 1. The van der Waals surface area contributed by atoms with Crippen molar-refractivity contribution < 1.29 is 17.9 Å². The van der Waals surface area contributed by atoms with Crippen LogP contribution in [0.2, 0.25) is 5.02 Å². The Balaban J connectivity index is 1.80. The van der Waals surface area contributed by atoms with Gasteiger partial charge in [0.2, 0.25) is 10.0 Å². The summed E-state index contributed by atoms with van der Waals surface area (Å²) in [6.45, 7) is 4.25. The third-order valence-electron chi connectivity index (χ3n) is 4.16. The number of hydrogen-bond donors (Lipinski definition) is 2. The van der Waals surface area contributed by atoms with Crippen LogP contribution < -0.4 is 10.0 Å². The number of sulfonamides is 1. The lowest BCUT2D eigenvalue weighted by Crippen LogP contribution is -2.59. The SMILES string of the molecule is Cc1cc(NC(=O)c2cc(S(=O)(=O)NC3(C)COC3)cn2C)ccc1Cl. The van der Waals surface area contributed by atoms with E-state index in [1.807, 2.05) is 6.92 Å². The van der Waals surface area contributed by atoms with Crippen LogP contribution in [-0.2, 0) is 21.8 Å². The molecule has 0 atom stereocenters. The third kappa shape index (κ3) is 3.78. The van der Waals surface area contributed by atoms with Crippen LogP contribution in [0.25, 0.3) is 0 Å². The number of benzene rings is 1. The molecule has 1 aromatic carbocycles. The minimum atomic E-state index is -3.75. The van der Waals surface area contributed by atoms with Gasteiger partial charge in [-0.2, -0.15) is 0 Å². The smallest absolute Gasteiger partial charge is 0.272 e. The summed E-state index contributed by atoms with van der Waals surface area (Å²) in [6.07, 6.45) is 1.41. The highest BCUT2D eigenvalue weighted by atomic mass is 35.5. The van der Waals surface area contributed by atoms with Crippen molar-refractivity contribution in [2.75, 3.05) is 18.5 Å². The first-order chi connectivity index (χ1) is 12.1. The lowest BCUT2D eigenvalue weighted by Gasteiger charge is -2.38. The van der Waals surface area contributed by atoms with E-state index in [2.05, 4.69) is 10.0 Å². The molecule has 1 aromatic heterocycles. The van der Waals surface area contributed by atoms with Crippen molar-refractivity contribution in [3.05, 3.63) is 46.7 Å². The molecule has 0 unspecified atom stereocenters. The van der Waals surface area contributed by atoms with Crippen LogP contribution in [0.3, 0.4) is 0 Å². The molecule has 1 aliphatic rings. The van der Waals surface area contributed by atoms with E-state index < -0.39 is 21.5 Å². The number of nitrogens with one attached hydrogen (secondary N) is 2. The second kappa shape index (κ2) is 6.70. The van der Waals surface area contributed by atoms with Gasteiger partial charge in [0.15, 0.2) is 0 Å². The molecule has 0 aliphatic carbocycles. The molecule has 0 saturated carbocycles. The summed E-state index contributed by atoms with van der Waals surface area (Å²) in [5.74, 6) is -0.408. The van der Waals surface area contributed by atoms with Crippen molar-refractivity contribution in [1.29, 1.82) is 0 Å². The highest BCUT2D eigenvalue weighted by molar-refractivity contribution is 7.89. The van der Waals surface area contributed by atoms with Gasteiger partial charge in [0.25, 0.3) is 5.91 Å². The Morgan fingerprint density at radius 3 is 2.58 bits per heavy atom. The maximum absolute atomic E-state index is 12.5. The molecule has 9 heteroatoms. The van der Waals surface area contributed by atoms with Crippen LogP contribution >= 0.6 is 11.6 Å². The number of carbonyl (C=O) groups excluding carboxylic acids is 1. The molecular weight excluding hydrogens is 378 g/mol. The van der Waals surface area contributed by atoms with E-state index in [9.17, 15) is 13.2 Å². The summed E-state index contributed by atoms with van der Waals surface area (Å²) in [5, 5.41) is 3.36. The van der Waals surface area contributed by atoms with E-state index in [4.69, 9.17) is 16.3 Å². The van der Waals surface area contributed by atoms with E-state index in [0.29, 0.717) is 23.9 Å². The minimum Gasteiger partial charge on any atom is -0.377 e. The molecular formula is C17H20ClN3O4S. The van der Waals surface area contributed by atoms with Gasteiger partial charge in [0.05, 0.1) is 18.8 Å². The number of rotatable bonds is 5. The second-order valence-electron chi connectivity index (χ2n) is 6.75. The van der Waals surface area contributed by atoms with Gasteiger partial charge >= 0.3 is 0 Å². The molecule has 2 N–H and O–H groups in total. The highest BCUT2D eigenvalue weighted by Gasteiger charge is 2.38. The van der Waals surface area contributed by atoms with Crippen molar-refractivity contribution >= 4 is 33.2 Å². The molecule has 1 fully saturated rings. The molecule has 140 valence electrons. The van der Waals surface area contributed by atoms with Crippen LogP contribution in [0.4, 0.5) is 5.69 Å². The van der Waals surface area contributed by atoms with E-state index in [1.165, 1.54) is 16.8 Å². The van der Waals surface area contributed by atoms with Crippen LogP contribution in [0.5, 0.6) is 0 Å². The number of amides is 1. The number of hydrogen-bond acceptors (Lipinski definition) is 4. The van der Waals surface area contributed by atoms with Crippen molar-refractivity contribution in [3.8, 4) is 0 Å². The normalized spacial score (nSPS) is 16.2. The van der Waals surface area contributed by atoms with Crippen LogP contribution in [0.1, 0.15) is 23.0 Å². The largest absolute Gasteiger partial charge is 0.377 e. The number of aromatic nitrogens is 1. The van der Waals surface area contributed by atoms with Crippen molar-refractivity contribution in [2.45, 2.75) is 24.3 Å². The fourth-order valence-corrected chi connectivity index (χ4v) is 4.24. The van der Waals surface area contributed by atoms with Gasteiger partial charge in [-0.3, -0.25) is 4.79 Å². The first-order valence-corrected chi connectivity index (χ1v) is 9.81. The highest BCUT2D eigenvalue weighted by Crippen LogP contribution is 2.23. The Labute approximate surface area is 157 Å². The van der Waals surface area contributed by atoms with E-state index in [-0.39, 0.29) is 10.6 Å². The Morgan fingerprint density at radius 1 is 1.31 bits per heavy atom. The zero-order valence-electron chi connectivity index (χ0n) is 14.7. The van der Waals surface area contributed by atoms with Gasteiger partial charge in [-0.25, -0.2) is 13.1 Å². The first-order valence-electron chi connectivity index (χ1n) is 7.95. The summed E-state index contributed by atoms with van der Waals surface area (Å²) in [6, 6.07) is 6.48. The zero-order valence-corrected chi connectivity index (χ0v) is 16.2. The van der Waals surface area contributed by atoms with Gasteiger partial charge in [-0.15, -0.1) is 0 Å². The summed E-state index contributed by atoms with van der Waals surface area (Å²) < 4.78 is 34.2. The standard InChI is InChI=1S/C17H20ClN3O4S/c1-11-6-12(4-5-14(11)18)19-16(22)15-7-13(8-21(15)3)26(23,24)20-17(2)9-25-10-17/h4-8,20H,9-10H2,1-3H3,(H,19,22). The summed E-state index contributed by atoms with van der Waals surface area (Å²) in [7, 11) is -2.13. The molecule has 3 rings (SSSR count). The van der Waals surface area contributed by atoms with E-state index in [0.717, 1.165) is 5.56 Å². The third-order valence-corrected chi connectivity index (χ3v) is 6.19. The van der Waals surface area contributed by atoms with Crippen LogP contribution in [0.15, 0.2) is 35.4 Å². The number of nitrogens with zero attached hydrogens (tertiary/aromatic N) is 1. The summed E-state index contributed by atoms with van der Waals surface area (Å²) in [4.78, 5) is 12.6. The zero-order chi connectivity index (χ0) is 19.1. The van der Waals surface area contributed by atoms with Gasteiger partial charge < -0.3 is 14.6 Å². The molecule has 2 aromatic rings. The maximum Gasteiger partial charge on any atom is 0.272 e. The van der Waals surface area contributed by atoms with Gasteiger partial charge in [-0.1, -0.05) is 11.6 Å². The molecule has 7 nitrogen and oxygen atoms in total. The Bertz CT molecular complexity index is 964. The molecule has 1 saturated heterocycles. The average molecular weight is 398 g/mol. The summed E-state index contributed by atoms with van der Waals surface area (Å²) in [5.41, 5.74) is 1.03. The van der Waals surface area contributed by atoms with Crippen molar-refractivity contribution in [1.82, 2.24) is 9.29 Å². The lowest BCUT2D eigenvalue weighted by molar-refractivity contribution is -0.0523. The van der Waals surface area contributed by atoms with Gasteiger partial charge in [-0.05, 0) is 43.7 Å². The summed E-state index contributed by atoms with van der Waals surface area (Å²) >= 11 is 5.98. The molecule has 0 radical (unpaired) electrons. The molecule has 2 heterocycles. The second-order valence-corrected chi connectivity index (χ2v) is 8.84. The lowest BCUT2D eigenvalue weighted by atomic mass is 10.0. The van der Waals surface area contributed by atoms with Crippen LogP contribution in [0, 0.1) is 6.92 Å². The van der Waals surface area contributed by atoms with Crippen molar-refractivity contribution in [3.63, 3.8) is 0 Å². The van der Waals surface area contributed by atoms with Crippen LogP contribution in [-0.4, -0.2) is 37.6 Å². The predicted molar refractivity (Wildman–Crippen MR) is 99.1 cm³/mol. The molecule has 0 spiro atoms. The molecule has 1 amide bonds. The number of ether oxygens (including phenoxy) is 1. The fraction of sp³-hybridized carbons (Fsp3) is 0.353. The number of carbonyl (C=O) groups is 1. The molecule has 1 aliphatic heterocycles. The molecule has 26 heavy (non-hydrogen) atoms. The molecule has 0 bridgehead atoms. The van der Waals surface area contributed by atoms with Gasteiger partial charge in [0.1, 0.15) is 10.6 Å². The maximum atomic E-state index is 12.5. The quantitative estimate of drug-likeness (QED) is 0.810. The minimum absolute atomic E-state index is 0.0329.